The fraction of sp³-hybridized carbons (Fsp3) is 0.200. The number of carbonyl (C=O) groups excluding carboxylic acids is 2. The summed E-state index contributed by atoms with van der Waals surface area (Å²) in [6.45, 7) is 0. The van der Waals surface area contributed by atoms with E-state index in [1.807, 2.05) is 45.2 Å². The summed E-state index contributed by atoms with van der Waals surface area (Å²) in [4.78, 5) is 23.2. The van der Waals surface area contributed by atoms with E-state index in [0.717, 1.165) is 7.53 Å². The fourth-order valence-corrected chi connectivity index (χ4v) is 2.52. The Morgan fingerprint density at radius 2 is 1.32 bits per heavy atom. The molecule has 0 aromatic carbocycles. The highest BCUT2D eigenvalue weighted by molar-refractivity contribution is 14.1. The Hall–Kier alpha value is -1.70. The molecule has 0 saturated heterocycles. The minimum Gasteiger partial charge on any atom is -0.449 e. The molecule has 0 unspecified atom stereocenters. The Morgan fingerprint density at radius 3 is 1.68 bits per heavy atom. The molecule has 0 bridgehead atoms. The monoisotopic (exact) mass is 568 g/mol. The van der Waals surface area contributed by atoms with Crippen LogP contribution in [-0.2, 0) is 9.59 Å². The molecule has 0 saturated carbocycles. The van der Waals surface area contributed by atoms with Gasteiger partial charge in [0.05, 0.1) is 12.4 Å². The van der Waals surface area contributed by atoms with Gasteiger partial charge >= 0.3 is 0 Å². The number of amides is 2. The lowest BCUT2D eigenvalue weighted by Crippen LogP contribution is -2.20. The van der Waals surface area contributed by atoms with Crippen molar-refractivity contribution in [3.63, 3.8) is 0 Å². The van der Waals surface area contributed by atoms with Gasteiger partial charge < -0.3 is 8.83 Å². The average Bonchev–Trinajstić information content (AvgIpc) is 3.16. The molecule has 2 amide bonds. The smallest absolute Gasteiger partial charge is 0.240 e. The van der Waals surface area contributed by atoms with Crippen molar-refractivity contribution in [3.8, 4) is 0 Å². The molecule has 0 aliphatic carbocycles. The fourth-order valence-electron chi connectivity index (χ4n) is 1.65. The maximum atomic E-state index is 11.6. The van der Waals surface area contributed by atoms with Crippen molar-refractivity contribution in [2.75, 3.05) is 0 Å². The Labute approximate surface area is 170 Å². The van der Waals surface area contributed by atoms with Gasteiger partial charge in [-0.05, 0) is 75.9 Å². The number of hydrogen-bond donors (Lipinski definition) is 2. The van der Waals surface area contributed by atoms with E-state index in [2.05, 4.69) is 21.1 Å². The van der Waals surface area contributed by atoms with Crippen LogP contribution in [0.5, 0.6) is 0 Å². The number of nitrogens with zero attached hydrogens (tertiary/aromatic N) is 2. The molecule has 0 aliphatic heterocycles. The van der Waals surface area contributed by atoms with Crippen LogP contribution in [0.4, 0.5) is 0 Å². The van der Waals surface area contributed by atoms with E-state index in [1.165, 1.54) is 12.4 Å². The van der Waals surface area contributed by atoms with Crippen molar-refractivity contribution in [3.05, 3.63) is 43.3 Å². The lowest BCUT2D eigenvalue weighted by atomic mass is 10.2. The Balaban J connectivity index is 1.59. The number of hydrogen-bond acceptors (Lipinski definition) is 6. The second-order valence-electron chi connectivity index (χ2n) is 4.72. The quantitative estimate of drug-likeness (QED) is 0.290. The molecule has 8 nitrogen and oxygen atoms in total. The third kappa shape index (κ3) is 7.81. The first kappa shape index (κ1) is 19.6. The maximum Gasteiger partial charge on any atom is 0.240 e. The van der Waals surface area contributed by atoms with Crippen molar-refractivity contribution in [1.82, 2.24) is 10.9 Å². The Morgan fingerprint density at radius 1 is 0.880 bits per heavy atom. The van der Waals surface area contributed by atoms with Gasteiger partial charge in [-0.3, -0.25) is 9.59 Å². The first-order valence-corrected chi connectivity index (χ1v) is 9.33. The van der Waals surface area contributed by atoms with Crippen LogP contribution in [0.15, 0.2) is 43.3 Å². The van der Waals surface area contributed by atoms with Gasteiger partial charge in [-0.1, -0.05) is 0 Å². The van der Waals surface area contributed by atoms with Crippen LogP contribution in [0.3, 0.4) is 0 Å². The number of furan rings is 2. The molecule has 2 aromatic rings. The SMILES string of the molecule is O=C(CCCC(=O)N/N=C\c1ccc(I)o1)N/N=C\c1ccc(I)o1. The van der Waals surface area contributed by atoms with E-state index >= 15 is 0 Å². The van der Waals surface area contributed by atoms with Crippen molar-refractivity contribution >= 4 is 69.4 Å². The highest BCUT2D eigenvalue weighted by Gasteiger charge is 2.04. The molecule has 25 heavy (non-hydrogen) atoms. The molecule has 2 aromatic heterocycles. The molecule has 0 spiro atoms. The second kappa shape index (κ2) is 10.3. The zero-order chi connectivity index (χ0) is 18.1. The molecule has 2 heterocycles. The van der Waals surface area contributed by atoms with Crippen LogP contribution in [0.25, 0.3) is 0 Å². The van der Waals surface area contributed by atoms with E-state index in [-0.39, 0.29) is 24.7 Å². The zero-order valence-corrected chi connectivity index (χ0v) is 17.2. The zero-order valence-electron chi connectivity index (χ0n) is 12.9. The third-order valence-electron chi connectivity index (χ3n) is 2.76. The van der Waals surface area contributed by atoms with Crippen molar-refractivity contribution in [2.45, 2.75) is 19.3 Å². The largest absolute Gasteiger partial charge is 0.449 e. The third-order valence-corrected chi connectivity index (χ3v) is 3.92. The van der Waals surface area contributed by atoms with Crippen molar-refractivity contribution < 1.29 is 18.4 Å². The van der Waals surface area contributed by atoms with Gasteiger partial charge in [-0.25, -0.2) is 10.9 Å². The van der Waals surface area contributed by atoms with Crippen LogP contribution in [0.1, 0.15) is 30.8 Å². The standard InChI is InChI=1S/C15H14I2N4O4/c16-12-6-4-10(24-12)8-18-20-14(22)2-1-3-15(23)21-19-9-11-5-7-13(17)25-11/h4-9H,1-3H2,(H,20,22)(H,21,23)/b18-8-,19-9-. The minimum atomic E-state index is -0.279. The van der Waals surface area contributed by atoms with E-state index in [9.17, 15) is 9.59 Å². The van der Waals surface area contributed by atoms with Crippen LogP contribution < -0.4 is 10.9 Å². The predicted molar refractivity (Wildman–Crippen MR) is 108 cm³/mol. The van der Waals surface area contributed by atoms with Crippen molar-refractivity contribution in [1.29, 1.82) is 0 Å². The molecular formula is C15H14I2N4O4. The first-order chi connectivity index (χ1) is 12.0. The maximum absolute atomic E-state index is 11.6. The minimum absolute atomic E-state index is 0.181. The summed E-state index contributed by atoms with van der Waals surface area (Å²) in [5.41, 5.74) is 4.75. The molecular weight excluding hydrogens is 554 g/mol. The van der Waals surface area contributed by atoms with Gasteiger partial charge in [0.15, 0.2) is 7.53 Å². The van der Waals surface area contributed by atoms with E-state index in [0.29, 0.717) is 17.9 Å². The molecule has 2 N–H and O–H groups in total. The van der Waals surface area contributed by atoms with Crippen LogP contribution in [0.2, 0.25) is 0 Å². The summed E-state index contributed by atoms with van der Waals surface area (Å²) in [6, 6.07) is 7.06. The number of nitrogens with one attached hydrogen (secondary N) is 2. The van der Waals surface area contributed by atoms with Gasteiger partial charge in [0.2, 0.25) is 11.8 Å². The average molecular weight is 568 g/mol. The summed E-state index contributed by atoms with van der Waals surface area (Å²) in [5, 5.41) is 7.56. The van der Waals surface area contributed by atoms with Crippen LogP contribution in [0, 0.1) is 7.53 Å². The van der Waals surface area contributed by atoms with E-state index in [4.69, 9.17) is 8.83 Å². The van der Waals surface area contributed by atoms with Crippen molar-refractivity contribution in [2.24, 2.45) is 10.2 Å². The first-order valence-electron chi connectivity index (χ1n) is 7.17. The van der Waals surface area contributed by atoms with E-state index in [1.54, 1.807) is 24.3 Å². The second-order valence-corrected chi connectivity index (χ2v) is 6.85. The normalized spacial score (nSPS) is 11.3. The van der Waals surface area contributed by atoms with E-state index < -0.39 is 0 Å². The lowest BCUT2D eigenvalue weighted by molar-refractivity contribution is -0.122. The predicted octanol–water partition coefficient (Wildman–Crippen LogP) is 2.85. The highest BCUT2D eigenvalue weighted by Crippen LogP contribution is 2.08. The summed E-state index contributed by atoms with van der Waals surface area (Å²) in [5.74, 6) is 0.541. The van der Waals surface area contributed by atoms with Gasteiger partial charge in [0.25, 0.3) is 0 Å². The summed E-state index contributed by atoms with van der Waals surface area (Å²) in [6.07, 6.45) is 3.58. The Kier molecular flexibility index (Phi) is 8.11. The van der Waals surface area contributed by atoms with Crippen LogP contribution in [-0.4, -0.2) is 24.2 Å². The summed E-state index contributed by atoms with van der Waals surface area (Å²) in [7, 11) is 0. The van der Waals surface area contributed by atoms with Gasteiger partial charge in [0.1, 0.15) is 11.5 Å². The molecule has 0 aliphatic rings. The topological polar surface area (TPSA) is 109 Å². The Bertz CT molecular complexity index is 718. The van der Waals surface area contributed by atoms with Gasteiger partial charge in [-0.2, -0.15) is 10.2 Å². The molecule has 0 fully saturated rings. The van der Waals surface area contributed by atoms with Gasteiger partial charge in [-0.15, -0.1) is 0 Å². The molecule has 2 rings (SSSR count). The number of halogens is 2. The lowest BCUT2D eigenvalue weighted by Gasteiger charge is -2.00. The summed E-state index contributed by atoms with van der Waals surface area (Å²) >= 11 is 4.07. The van der Waals surface area contributed by atoms with Gasteiger partial charge in [0, 0.05) is 12.8 Å². The number of hydrazone groups is 2. The van der Waals surface area contributed by atoms with Crippen LogP contribution >= 0.6 is 45.2 Å². The number of rotatable bonds is 8. The summed E-state index contributed by atoms with van der Waals surface area (Å²) < 4.78 is 12.0. The molecule has 132 valence electrons. The molecule has 0 radical (unpaired) electrons. The highest BCUT2D eigenvalue weighted by atomic mass is 127. The number of carbonyl (C=O) groups is 2. The molecule has 10 heteroatoms. The molecule has 0 atom stereocenters.